The highest BCUT2D eigenvalue weighted by Gasteiger charge is 2.15. The largest absolute Gasteiger partial charge is 0.226 e. The van der Waals surface area contributed by atoms with Crippen molar-refractivity contribution in [3.63, 3.8) is 0 Å². The zero-order valence-corrected chi connectivity index (χ0v) is 11.2. The van der Waals surface area contributed by atoms with Gasteiger partial charge in [-0.25, -0.2) is 18.7 Å². The average Bonchev–Trinajstić information content (AvgIpc) is 2.79. The summed E-state index contributed by atoms with van der Waals surface area (Å²) in [6.07, 6.45) is 0. The number of hydrogen-bond acceptors (Lipinski definition) is 3. The quantitative estimate of drug-likeness (QED) is 0.662. The normalized spacial score (nSPS) is 11.1. The fraction of sp³-hybridized carbons (Fsp3) is 0. The van der Waals surface area contributed by atoms with Crippen LogP contribution in [0.2, 0.25) is 0 Å². The van der Waals surface area contributed by atoms with Gasteiger partial charge in [0.2, 0.25) is 0 Å². The Hall–Kier alpha value is -1.40. The number of halogens is 3. The Kier molecular flexibility index (Phi) is 2.83. The van der Waals surface area contributed by atoms with Crippen LogP contribution in [0.1, 0.15) is 0 Å². The zero-order chi connectivity index (χ0) is 12.7. The standard InChI is InChI=1S/C12H5BrF2N2S/c13-7-4-9-12(16-5-18-9)17-11(7)6-2-1-3-8(14)10(6)15/h1-5H. The maximum absolute atomic E-state index is 13.7. The summed E-state index contributed by atoms with van der Waals surface area (Å²) in [5.41, 5.74) is 2.67. The van der Waals surface area contributed by atoms with Gasteiger partial charge in [-0.3, -0.25) is 0 Å². The number of rotatable bonds is 1. The predicted molar refractivity (Wildman–Crippen MR) is 70.5 cm³/mol. The van der Waals surface area contributed by atoms with Crippen LogP contribution in [0, 0.1) is 11.6 Å². The smallest absolute Gasteiger partial charge is 0.170 e. The predicted octanol–water partition coefficient (Wildman–Crippen LogP) is 4.40. The van der Waals surface area contributed by atoms with E-state index in [1.54, 1.807) is 11.6 Å². The van der Waals surface area contributed by atoms with E-state index in [9.17, 15) is 8.78 Å². The fourth-order valence-corrected chi connectivity index (χ4v) is 2.99. The molecule has 0 aliphatic heterocycles. The molecule has 0 aliphatic rings. The lowest BCUT2D eigenvalue weighted by Crippen LogP contribution is -1.93. The topological polar surface area (TPSA) is 25.8 Å². The molecule has 0 unspecified atom stereocenters. The summed E-state index contributed by atoms with van der Waals surface area (Å²) in [7, 11) is 0. The van der Waals surface area contributed by atoms with Crippen molar-refractivity contribution in [3.05, 3.63) is 45.9 Å². The molecule has 1 aromatic carbocycles. The molecule has 6 heteroatoms. The molecule has 18 heavy (non-hydrogen) atoms. The van der Waals surface area contributed by atoms with Crippen LogP contribution in [-0.4, -0.2) is 9.97 Å². The maximum atomic E-state index is 13.7. The first-order valence-electron chi connectivity index (χ1n) is 5.01. The van der Waals surface area contributed by atoms with Crippen LogP contribution in [0.5, 0.6) is 0 Å². The molecule has 90 valence electrons. The first-order chi connectivity index (χ1) is 8.66. The molecule has 2 nitrogen and oxygen atoms in total. The molecule has 3 aromatic rings. The van der Waals surface area contributed by atoms with E-state index in [1.807, 2.05) is 0 Å². The minimum atomic E-state index is -0.903. The molecule has 0 atom stereocenters. The molecule has 0 N–H and O–H groups in total. The number of aromatic nitrogens is 2. The lowest BCUT2D eigenvalue weighted by molar-refractivity contribution is 0.511. The van der Waals surface area contributed by atoms with Crippen molar-refractivity contribution in [2.24, 2.45) is 0 Å². The van der Waals surface area contributed by atoms with Crippen molar-refractivity contribution in [1.82, 2.24) is 9.97 Å². The van der Waals surface area contributed by atoms with E-state index in [2.05, 4.69) is 25.9 Å². The van der Waals surface area contributed by atoms with Gasteiger partial charge in [0, 0.05) is 10.0 Å². The number of benzene rings is 1. The molecule has 2 heterocycles. The highest BCUT2D eigenvalue weighted by Crippen LogP contribution is 2.32. The SMILES string of the molecule is Fc1cccc(-c2nc3ncsc3cc2Br)c1F. The minimum Gasteiger partial charge on any atom is -0.226 e. The van der Waals surface area contributed by atoms with Crippen molar-refractivity contribution < 1.29 is 8.78 Å². The summed E-state index contributed by atoms with van der Waals surface area (Å²) in [4.78, 5) is 8.32. The van der Waals surface area contributed by atoms with Crippen molar-refractivity contribution in [1.29, 1.82) is 0 Å². The number of pyridine rings is 1. The molecule has 0 saturated carbocycles. The van der Waals surface area contributed by atoms with E-state index in [0.717, 1.165) is 10.8 Å². The van der Waals surface area contributed by atoms with Gasteiger partial charge in [0.25, 0.3) is 0 Å². The summed E-state index contributed by atoms with van der Waals surface area (Å²) in [6, 6.07) is 5.82. The maximum Gasteiger partial charge on any atom is 0.170 e. The summed E-state index contributed by atoms with van der Waals surface area (Å²) in [5.74, 6) is -1.79. The Morgan fingerprint density at radius 1 is 1.22 bits per heavy atom. The van der Waals surface area contributed by atoms with Crippen LogP contribution in [0.3, 0.4) is 0 Å². The van der Waals surface area contributed by atoms with Crippen molar-refractivity contribution in [2.45, 2.75) is 0 Å². The first kappa shape index (κ1) is 11.7. The number of thiazole rings is 1. The molecule has 0 bridgehead atoms. The second kappa shape index (κ2) is 4.37. The van der Waals surface area contributed by atoms with Crippen LogP contribution in [0.4, 0.5) is 8.78 Å². The van der Waals surface area contributed by atoms with E-state index in [-0.39, 0.29) is 5.56 Å². The van der Waals surface area contributed by atoms with E-state index < -0.39 is 11.6 Å². The molecular formula is C12H5BrF2N2S. The molecule has 0 spiro atoms. The van der Waals surface area contributed by atoms with Gasteiger partial charge in [-0.2, -0.15) is 0 Å². The highest BCUT2D eigenvalue weighted by atomic mass is 79.9. The molecule has 0 aliphatic carbocycles. The van der Waals surface area contributed by atoms with Gasteiger partial charge in [-0.05, 0) is 34.1 Å². The Bertz CT molecular complexity index is 742. The van der Waals surface area contributed by atoms with Crippen LogP contribution in [-0.2, 0) is 0 Å². The third-order valence-corrected chi connectivity index (χ3v) is 3.85. The molecule has 3 rings (SSSR count). The van der Waals surface area contributed by atoms with Gasteiger partial charge >= 0.3 is 0 Å². The van der Waals surface area contributed by atoms with Gasteiger partial charge < -0.3 is 0 Å². The molecule has 0 radical (unpaired) electrons. The lowest BCUT2D eigenvalue weighted by atomic mass is 10.1. The molecule has 0 saturated heterocycles. The van der Waals surface area contributed by atoms with E-state index in [1.165, 1.54) is 23.5 Å². The molecule has 2 aromatic heterocycles. The first-order valence-corrected chi connectivity index (χ1v) is 6.68. The van der Waals surface area contributed by atoms with Gasteiger partial charge in [0.05, 0.1) is 15.9 Å². The summed E-state index contributed by atoms with van der Waals surface area (Å²) < 4.78 is 28.5. The highest BCUT2D eigenvalue weighted by molar-refractivity contribution is 9.10. The van der Waals surface area contributed by atoms with Crippen LogP contribution >= 0.6 is 27.3 Å². The lowest BCUT2D eigenvalue weighted by Gasteiger charge is -2.05. The Morgan fingerprint density at radius 3 is 2.89 bits per heavy atom. The fourth-order valence-electron chi connectivity index (χ4n) is 1.65. The monoisotopic (exact) mass is 326 g/mol. The number of hydrogen-bond donors (Lipinski definition) is 0. The Balaban J connectivity index is 2.30. The summed E-state index contributed by atoms with van der Waals surface area (Å²) >= 11 is 4.77. The van der Waals surface area contributed by atoms with Crippen LogP contribution < -0.4 is 0 Å². The summed E-state index contributed by atoms with van der Waals surface area (Å²) in [6.45, 7) is 0. The van der Waals surface area contributed by atoms with Gasteiger partial charge in [0.15, 0.2) is 17.3 Å². The van der Waals surface area contributed by atoms with E-state index >= 15 is 0 Å². The minimum absolute atomic E-state index is 0.122. The number of fused-ring (bicyclic) bond motifs is 1. The third-order valence-electron chi connectivity index (χ3n) is 2.48. The Morgan fingerprint density at radius 2 is 2.06 bits per heavy atom. The zero-order valence-electron chi connectivity index (χ0n) is 8.82. The second-order valence-electron chi connectivity index (χ2n) is 3.59. The summed E-state index contributed by atoms with van der Waals surface area (Å²) in [5, 5.41) is 0. The van der Waals surface area contributed by atoms with Crippen LogP contribution in [0.25, 0.3) is 21.6 Å². The van der Waals surface area contributed by atoms with Gasteiger partial charge in [0.1, 0.15) is 0 Å². The van der Waals surface area contributed by atoms with E-state index in [0.29, 0.717) is 15.8 Å². The number of nitrogens with zero attached hydrogens (tertiary/aromatic N) is 2. The Labute approximate surface area is 113 Å². The molecular weight excluding hydrogens is 322 g/mol. The molecule has 0 fully saturated rings. The van der Waals surface area contributed by atoms with Crippen LogP contribution in [0.15, 0.2) is 34.2 Å². The van der Waals surface area contributed by atoms with E-state index in [4.69, 9.17) is 0 Å². The van der Waals surface area contributed by atoms with Crippen molar-refractivity contribution >= 4 is 37.6 Å². The average molecular weight is 327 g/mol. The van der Waals surface area contributed by atoms with Crippen molar-refractivity contribution in [2.75, 3.05) is 0 Å². The van der Waals surface area contributed by atoms with Crippen molar-refractivity contribution in [3.8, 4) is 11.3 Å². The second-order valence-corrected chi connectivity index (χ2v) is 5.33. The molecule has 0 amide bonds. The van der Waals surface area contributed by atoms with Gasteiger partial charge in [-0.15, -0.1) is 11.3 Å². The van der Waals surface area contributed by atoms with Gasteiger partial charge in [-0.1, -0.05) is 6.07 Å². The third kappa shape index (κ3) is 1.81.